The predicted molar refractivity (Wildman–Crippen MR) is 108 cm³/mol. The second-order valence-electron chi connectivity index (χ2n) is 7.18. The van der Waals surface area contributed by atoms with Crippen LogP contribution in [0.5, 0.6) is 0 Å². The highest BCUT2D eigenvalue weighted by Crippen LogP contribution is 2.23. The van der Waals surface area contributed by atoms with Crippen LogP contribution < -0.4 is 10.0 Å². The van der Waals surface area contributed by atoms with E-state index in [0.717, 1.165) is 24.8 Å². The van der Waals surface area contributed by atoms with Gasteiger partial charge in [-0.3, -0.25) is 4.79 Å². The van der Waals surface area contributed by atoms with Crippen LogP contribution in [-0.2, 0) is 21.4 Å². The maximum absolute atomic E-state index is 12.3. The molecule has 1 saturated carbocycles. The third-order valence-electron chi connectivity index (χ3n) is 5.07. The van der Waals surface area contributed by atoms with E-state index in [1.54, 1.807) is 30.3 Å². The zero-order valence-electron chi connectivity index (χ0n) is 15.9. The van der Waals surface area contributed by atoms with Crippen LogP contribution >= 0.6 is 0 Å². The van der Waals surface area contributed by atoms with E-state index in [1.165, 1.54) is 30.9 Å². The molecule has 1 fully saturated rings. The smallest absolute Gasteiger partial charge is 0.244 e. The summed E-state index contributed by atoms with van der Waals surface area (Å²) in [5, 5.41) is 3.06. The van der Waals surface area contributed by atoms with Gasteiger partial charge in [0.05, 0.1) is 17.7 Å². The molecule has 7 heteroatoms. The Hall–Kier alpha value is -2.38. The number of carbonyl (C=O) groups is 1. The highest BCUT2D eigenvalue weighted by Gasteiger charge is 2.21. The molecule has 2 unspecified atom stereocenters. The van der Waals surface area contributed by atoms with E-state index in [2.05, 4.69) is 17.0 Å². The maximum atomic E-state index is 12.3. The van der Waals surface area contributed by atoms with Crippen LogP contribution in [0.3, 0.4) is 0 Å². The Morgan fingerprint density at radius 1 is 1.18 bits per heavy atom. The number of amides is 1. The average Bonchev–Trinajstić information content (AvgIpc) is 3.21. The lowest BCUT2D eigenvalue weighted by Crippen LogP contribution is -2.40. The lowest BCUT2D eigenvalue weighted by atomic mass is 9.86. The summed E-state index contributed by atoms with van der Waals surface area (Å²) in [6.07, 6.45) is 9.25. The highest BCUT2D eigenvalue weighted by molar-refractivity contribution is 7.89. The van der Waals surface area contributed by atoms with Gasteiger partial charge in [0.2, 0.25) is 15.9 Å². The molecule has 1 aliphatic carbocycles. The van der Waals surface area contributed by atoms with E-state index >= 15 is 0 Å². The first-order valence-corrected chi connectivity index (χ1v) is 11.0. The Balaban J connectivity index is 1.55. The van der Waals surface area contributed by atoms with Crippen LogP contribution in [0, 0.1) is 5.92 Å². The van der Waals surface area contributed by atoms with Crippen LogP contribution in [0.2, 0.25) is 0 Å². The normalized spacial score (nSPS) is 20.3. The molecule has 2 atom stereocenters. The van der Waals surface area contributed by atoms with Crippen molar-refractivity contribution < 1.29 is 17.6 Å². The molecule has 0 spiro atoms. The lowest BCUT2D eigenvalue weighted by molar-refractivity contribution is -0.117. The molecule has 1 aliphatic rings. The van der Waals surface area contributed by atoms with Crippen LogP contribution in [0.15, 0.2) is 58.1 Å². The molecule has 0 radical (unpaired) electrons. The van der Waals surface area contributed by atoms with Crippen molar-refractivity contribution >= 4 is 22.0 Å². The number of benzene rings is 1. The van der Waals surface area contributed by atoms with Gasteiger partial charge in [0.25, 0.3) is 0 Å². The van der Waals surface area contributed by atoms with Gasteiger partial charge in [0.1, 0.15) is 5.76 Å². The molecule has 1 aromatic heterocycles. The Labute approximate surface area is 166 Å². The Morgan fingerprint density at radius 2 is 1.93 bits per heavy atom. The van der Waals surface area contributed by atoms with Gasteiger partial charge in [0, 0.05) is 12.1 Å². The quantitative estimate of drug-likeness (QED) is 0.694. The fourth-order valence-corrected chi connectivity index (χ4v) is 4.35. The minimum atomic E-state index is -3.62. The summed E-state index contributed by atoms with van der Waals surface area (Å²) in [4.78, 5) is 12.3. The van der Waals surface area contributed by atoms with Crippen molar-refractivity contribution in [2.75, 3.05) is 0 Å². The van der Waals surface area contributed by atoms with E-state index in [9.17, 15) is 13.2 Å². The fourth-order valence-electron chi connectivity index (χ4n) is 3.35. The van der Waals surface area contributed by atoms with E-state index in [0.29, 0.717) is 11.7 Å². The number of sulfonamides is 1. The Bertz CT molecular complexity index is 902. The van der Waals surface area contributed by atoms with Crippen molar-refractivity contribution in [2.24, 2.45) is 5.92 Å². The molecule has 1 aromatic carbocycles. The Morgan fingerprint density at radius 3 is 2.61 bits per heavy atom. The first-order valence-electron chi connectivity index (χ1n) is 9.55. The van der Waals surface area contributed by atoms with E-state index < -0.39 is 10.0 Å². The summed E-state index contributed by atoms with van der Waals surface area (Å²) in [5.74, 6) is 0.932. The second-order valence-corrected chi connectivity index (χ2v) is 8.95. The van der Waals surface area contributed by atoms with Crippen LogP contribution in [0.25, 0.3) is 6.08 Å². The third kappa shape index (κ3) is 5.56. The van der Waals surface area contributed by atoms with Gasteiger partial charge in [-0.1, -0.05) is 31.9 Å². The van der Waals surface area contributed by atoms with Gasteiger partial charge < -0.3 is 9.73 Å². The number of hydrogen-bond donors (Lipinski definition) is 2. The first kappa shape index (κ1) is 20.4. The van der Waals surface area contributed by atoms with Gasteiger partial charge in [-0.15, -0.1) is 0 Å². The largest absolute Gasteiger partial charge is 0.468 e. The number of rotatable bonds is 7. The second kappa shape index (κ2) is 9.21. The molecule has 1 heterocycles. The molecule has 0 bridgehead atoms. The summed E-state index contributed by atoms with van der Waals surface area (Å²) in [6, 6.07) is 10.0. The van der Waals surface area contributed by atoms with Gasteiger partial charge in [-0.25, -0.2) is 13.1 Å². The summed E-state index contributed by atoms with van der Waals surface area (Å²) >= 11 is 0. The predicted octanol–water partition coefficient (Wildman–Crippen LogP) is 3.47. The van der Waals surface area contributed by atoms with Crippen LogP contribution in [0.4, 0.5) is 0 Å². The fraction of sp³-hybridized carbons (Fsp3) is 0.381. The van der Waals surface area contributed by atoms with Crippen LogP contribution in [0.1, 0.15) is 43.9 Å². The van der Waals surface area contributed by atoms with E-state index in [1.807, 2.05) is 0 Å². The van der Waals surface area contributed by atoms with Crippen molar-refractivity contribution in [3.05, 3.63) is 60.1 Å². The lowest BCUT2D eigenvalue weighted by Gasteiger charge is -2.29. The molecule has 150 valence electrons. The molecule has 2 aromatic rings. The van der Waals surface area contributed by atoms with Crippen molar-refractivity contribution in [3.63, 3.8) is 0 Å². The average molecular weight is 403 g/mol. The van der Waals surface area contributed by atoms with Crippen molar-refractivity contribution in [3.8, 4) is 0 Å². The summed E-state index contributed by atoms with van der Waals surface area (Å²) < 4.78 is 32.3. The zero-order valence-corrected chi connectivity index (χ0v) is 16.7. The van der Waals surface area contributed by atoms with Crippen molar-refractivity contribution in [2.45, 2.75) is 50.1 Å². The molecular formula is C21H26N2O4S. The standard InChI is InChI=1S/C21H26N2O4S/c1-16-5-2-3-7-20(16)23-21(24)13-10-17-8-11-19(12-9-17)28(25,26)22-15-18-6-4-14-27-18/h4,6,8-14,16,20,22H,2-3,5,7,15H2,1H3,(H,23,24)/b13-10+. The van der Waals surface area contributed by atoms with Gasteiger partial charge in [-0.05, 0) is 54.7 Å². The van der Waals surface area contributed by atoms with E-state index in [-0.39, 0.29) is 23.4 Å². The number of furan rings is 1. The highest BCUT2D eigenvalue weighted by atomic mass is 32.2. The van der Waals surface area contributed by atoms with Crippen LogP contribution in [-0.4, -0.2) is 20.4 Å². The number of hydrogen-bond acceptors (Lipinski definition) is 4. The molecule has 28 heavy (non-hydrogen) atoms. The van der Waals surface area contributed by atoms with Gasteiger partial charge in [0.15, 0.2) is 0 Å². The zero-order chi connectivity index (χ0) is 20.0. The topological polar surface area (TPSA) is 88.4 Å². The maximum Gasteiger partial charge on any atom is 0.244 e. The Kier molecular flexibility index (Phi) is 6.70. The molecule has 2 N–H and O–H groups in total. The third-order valence-corrected chi connectivity index (χ3v) is 6.49. The van der Waals surface area contributed by atoms with Gasteiger partial charge in [-0.2, -0.15) is 0 Å². The molecule has 0 saturated heterocycles. The monoisotopic (exact) mass is 402 g/mol. The number of carbonyl (C=O) groups excluding carboxylic acids is 1. The van der Waals surface area contributed by atoms with Gasteiger partial charge >= 0.3 is 0 Å². The van der Waals surface area contributed by atoms with Crippen molar-refractivity contribution in [1.82, 2.24) is 10.0 Å². The number of nitrogens with one attached hydrogen (secondary N) is 2. The summed E-state index contributed by atoms with van der Waals surface area (Å²) in [7, 11) is -3.62. The SMILES string of the molecule is CC1CCCCC1NC(=O)/C=C/c1ccc(S(=O)(=O)NCc2ccco2)cc1. The molecular weight excluding hydrogens is 376 g/mol. The van der Waals surface area contributed by atoms with E-state index in [4.69, 9.17) is 4.42 Å². The minimum Gasteiger partial charge on any atom is -0.468 e. The summed E-state index contributed by atoms with van der Waals surface area (Å²) in [5.41, 5.74) is 0.761. The molecule has 6 nitrogen and oxygen atoms in total. The van der Waals surface area contributed by atoms with Crippen molar-refractivity contribution in [1.29, 1.82) is 0 Å². The minimum absolute atomic E-state index is 0.0940. The first-order chi connectivity index (χ1) is 13.4. The molecule has 1 amide bonds. The molecule has 0 aliphatic heterocycles. The summed E-state index contributed by atoms with van der Waals surface area (Å²) in [6.45, 7) is 2.27. The molecule has 3 rings (SSSR count).